The molecule has 0 aliphatic rings. The minimum atomic E-state index is -3.11. The summed E-state index contributed by atoms with van der Waals surface area (Å²) in [5.41, 5.74) is 0. The molecular weight excluding hydrogens is 334 g/mol. The number of hydrogen-bond donors (Lipinski definition) is 0. The van der Waals surface area contributed by atoms with Crippen molar-refractivity contribution < 1.29 is 11.2 Å². The van der Waals surface area contributed by atoms with Crippen molar-refractivity contribution in [1.29, 1.82) is 0 Å². The van der Waals surface area contributed by atoms with Crippen LogP contribution in [0.25, 0.3) is 0 Å². The molecule has 0 saturated carbocycles. The minimum absolute atomic E-state index is 3.11. The van der Waals surface area contributed by atoms with Gasteiger partial charge in [0, 0.05) is 0 Å². The summed E-state index contributed by atoms with van der Waals surface area (Å²) >= 11 is -3.11. The maximum atomic E-state index is 5.01. The van der Waals surface area contributed by atoms with Gasteiger partial charge in [-0.25, -0.2) is 0 Å². The summed E-state index contributed by atoms with van der Waals surface area (Å²) in [7, 11) is 20.1. The van der Waals surface area contributed by atoms with Crippen LogP contribution < -0.4 is 0 Å². The molecule has 0 spiro atoms. The van der Waals surface area contributed by atoms with E-state index < -0.39 is 11.2 Å². The Morgan fingerprint density at radius 2 is 0.800 bits per heavy atom. The van der Waals surface area contributed by atoms with Crippen molar-refractivity contribution in [3.05, 3.63) is 0 Å². The summed E-state index contributed by atoms with van der Waals surface area (Å²) in [6, 6.07) is 0. The van der Waals surface area contributed by atoms with Gasteiger partial charge in [-0.05, 0) is 0 Å². The molecule has 0 heterocycles. The van der Waals surface area contributed by atoms with E-state index in [1.54, 1.807) is 0 Å². The Bertz CT molecular complexity index is 19.1. The zero-order valence-electron chi connectivity index (χ0n) is 1.85. The van der Waals surface area contributed by atoms with Gasteiger partial charge in [-0.1, -0.05) is 0 Å². The van der Waals surface area contributed by atoms with Gasteiger partial charge in [-0.2, -0.15) is 0 Å². The molecule has 0 amide bonds. The van der Waals surface area contributed by atoms with Gasteiger partial charge in [0.1, 0.15) is 0 Å². The van der Waals surface area contributed by atoms with Crippen LogP contribution in [0.2, 0.25) is 0 Å². The summed E-state index contributed by atoms with van der Waals surface area (Å²) in [6.45, 7) is 0. The summed E-state index contributed by atoms with van der Waals surface area (Å²) < 4.78 is 0. The molecule has 0 N–H and O–H groups in total. The van der Waals surface area contributed by atoms with E-state index in [2.05, 4.69) is 0 Å². The first-order valence-corrected chi connectivity index (χ1v) is 12.4. The summed E-state index contributed by atoms with van der Waals surface area (Å²) in [5, 5.41) is 0. The van der Waals surface area contributed by atoms with Crippen molar-refractivity contribution >= 4 is 38.3 Å². The molecule has 0 bridgehead atoms. The Balaban J connectivity index is 3.02. The first kappa shape index (κ1) is 6.81. The van der Waals surface area contributed by atoms with Gasteiger partial charge in [-0.3, -0.25) is 0 Å². The van der Waals surface area contributed by atoms with Crippen LogP contribution in [0.3, 0.4) is 0 Å². The second-order valence-electron chi connectivity index (χ2n) is 0.286. The molecule has 0 unspecified atom stereocenters. The van der Waals surface area contributed by atoms with Crippen molar-refractivity contribution in [1.82, 2.24) is 0 Å². The standard InChI is InChI=1S/4ClH.Ir/h4*1H;/q;;;;+4/p-4. The molecule has 0 fully saturated rings. The molecule has 0 aromatic carbocycles. The summed E-state index contributed by atoms with van der Waals surface area (Å²) in [6.07, 6.45) is 0. The molecule has 0 aliphatic heterocycles. The fourth-order valence-electron chi connectivity index (χ4n) is 0. The Morgan fingerprint density at radius 3 is 0.800 bits per heavy atom. The Labute approximate surface area is 49.3 Å². The van der Waals surface area contributed by atoms with Gasteiger partial charge < -0.3 is 0 Å². The van der Waals surface area contributed by atoms with E-state index in [0.29, 0.717) is 0 Å². The molecule has 5 heteroatoms. The number of halogens is 4. The van der Waals surface area contributed by atoms with Crippen LogP contribution in [0.4, 0.5) is 0 Å². The molecule has 5 heavy (non-hydrogen) atoms. The fraction of sp³-hybridized carbons (Fsp3) is 0. The van der Waals surface area contributed by atoms with E-state index in [1.165, 1.54) is 0 Å². The first-order chi connectivity index (χ1) is 2.00. The van der Waals surface area contributed by atoms with Gasteiger partial charge in [0.2, 0.25) is 0 Å². The topological polar surface area (TPSA) is 0 Å². The molecule has 0 aromatic heterocycles. The first-order valence-electron chi connectivity index (χ1n) is 0.504. The maximum absolute atomic E-state index is 5.01. The second-order valence-corrected chi connectivity index (χ2v) is 21.0. The molecule has 37 valence electrons. The van der Waals surface area contributed by atoms with E-state index in [9.17, 15) is 0 Å². The average molecular weight is 334 g/mol. The normalized spacial score (nSPS) is 15.2. The van der Waals surface area contributed by atoms with Crippen LogP contribution in [-0.2, 0) is 11.2 Å². The Hall–Kier alpha value is 1.81. The third kappa shape index (κ3) is 25.8. The molecule has 0 aromatic rings. The van der Waals surface area contributed by atoms with Crippen molar-refractivity contribution in [2.75, 3.05) is 0 Å². The number of rotatable bonds is 0. The van der Waals surface area contributed by atoms with Crippen LogP contribution in [0.1, 0.15) is 0 Å². The SMILES string of the molecule is [Cl][Ir]([Cl])([Cl])[Cl]. The van der Waals surface area contributed by atoms with E-state index >= 15 is 0 Å². The number of hydrogen-bond acceptors (Lipinski definition) is 0. The summed E-state index contributed by atoms with van der Waals surface area (Å²) in [5.74, 6) is 0. The van der Waals surface area contributed by atoms with Crippen LogP contribution in [0.5, 0.6) is 0 Å². The zero-order valence-corrected chi connectivity index (χ0v) is 7.26. The molecule has 0 nitrogen and oxygen atoms in total. The molecule has 0 atom stereocenters. The summed E-state index contributed by atoms with van der Waals surface area (Å²) in [4.78, 5) is 0. The van der Waals surface area contributed by atoms with Gasteiger partial charge in [0.05, 0.1) is 0 Å². The van der Waals surface area contributed by atoms with Crippen LogP contribution in [-0.4, -0.2) is 0 Å². The van der Waals surface area contributed by atoms with Crippen LogP contribution in [0, 0.1) is 0 Å². The monoisotopic (exact) mass is 333 g/mol. The van der Waals surface area contributed by atoms with Gasteiger partial charge in [0.25, 0.3) is 0 Å². The Kier molecular flexibility index (Phi) is 3.00. The van der Waals surface area contributed by atoms with E-state index in [4.69, 9.17) is 38.3 Å². The van der Waals surface area contributed by atoms with E-state index in [0.717, 1.165) is 0 Å². The molecule has 0 aliphatic carbocycles. The van der Waals surface area contributed by atoms with Crippen LogP contribution >= 0.6 is 38.3 Å². The molecule has 0 rings (SSSR count). The average Bonchev–Trinajstić information content (AvgIpc) is 0.722. The third-order valence-corrected chi connectivity index (χ3v) is 0. The molecule has 0 radical (unpaired) electrons. The van der Waals surface area contributed by atoms with Crippen molar-refractivity contribution in [3.8, 4) is 0 Å². The predicted octanol–water partition coefficient (Wildman–Crippen LogP) is 2.76. The van der Waals surface area contributed by atoms with Crippen molar-refractivity contribution in [3.63, 3.8) is 0 Å². The zero-order chi connectivity index (χ0) is 4.50. The van der Waals surface area contributed by atoms with Gasteiger partial charge in [0.15, 0.2) is 0 Å². The second kappa shape index (κ2) is 2.20. The van der Waals surface area contributed by atoms with Gasteiger partial charge in [-0.15, -0.1) is 0 Å². The molecule has 0 saturated heterocycles. The van der Waals surface area contributed by atoms with Crippen LogP contribution in [0.15, 0.2) is 0 Å². The Morgan fingerprint density at radius 1 is 0.800 bits per heavy atom. The van der Waals surface area contributed by atoms with E-state index in [-0.39, 0.29) is 0 Å². The van der Waals surface area contributed by atoms with Gasteiger partial charge >= 0.3 is 49.6 Å². The fourth-order valence-corrected chi connectivity index (χ4v) is 0. The van der Waals surface area contributed by atoms with Crippen molar-refractivity contribution in [2.24, 2.45) is 0 Å². The quantitative estimate of drug-likeness (QED) is 0.639. The molecular formula is Cl4Ir. The van der Waals surface area contributed by atoms with Crippen molar-refractivity contribution in [2.45, 2.75) is 0 Å². The third-order valence-electron chi connectivity index (χ3n) is 0. The van der Waals surface area contributed by atoms with E-state index in [1.807, 2.05) is 0 Å². The predicted molar refractivity (Wildman–Crippen MR) is 23.4 cm³/mol.